The summed E-state index contributed by atoms with van der Waals surface area (Å²) < 4.78 is 0. The van der Waals surface area contributed by atoms with Gasteiger partial charge in [-0.15, -0.1) is 0 Å². The van der Waals surface area contributed by atoms with Gasteiger partial charge in [0.05, 0.1) is 5.92 Å². The Balaban J connectivity index is 1.29. The number of aromatic nitrogens is 2. The van der Waals surface area contributed by atoms with E-state index in [2.05, 4.69) is 45.0 Å². The summed E-state index contributed by atoms with van der Waals surface area (Å²) in [6, 6.07) is 37.2. The molecule has 38 heavy (non-hydrogen) atoms. The van der Waals surface area contributed by atoms with Crippen molar-refractivity contribution in [1.82, 2.24) is 9.97 Å². The van der Waals surface area contributed by atoms with Gasteiger partial charge in [0.2, 0.25) is 11.9 Å². The van der Waals surface area contributed by atoms with Gasteiger partial charge in [0.1, 0.15) is 5.82 Å². The van der Waals surface area contributed by atoms with E-state index in [0.29, 0.717) is 17.5 Å². The van der Waals surface area contributed by atoms with E-state index in [1.807, 2.05) is 110 Å². The van der Waals surface area contributed by atoms with E-state index in [0.717, 1.165) is 28.2 Å². The summed E-state index contributed by atoms with van der Waals surface area (Å²) >= 11 is 0. The molecular formula is C32H29N5O. The van der Waals surface area contributed by atoms with Gasteiger partial charge in [-0.25, -0.2) is 4.98 Å². The summed E-state index contributed by atoms with van der Waals surface area (Å²) in [7, 11) is 0. The molecule has 0 spiro atoms. The van der Waals surface area contributed by atoms with E-state index >= 15 is 0 Å². The van der Waals surface area contributed by atoms with Crippen molar-refractivity contribution in [2.45, 2.75) is 19.8 Å². The fourth-order valence-electron chi connectivity index (χ4n) is 4.24. The first kappa shape index (κ1) is 24.7. The lowest BCUT2D eigenvalue weighted by Crippen LogP contribution is -2.22. The average Bonchev–Trinajstić information content (AvgIpc) is 2.92. The van der Waals surface area contributed by atoms with E-state index in [1.165, 1.54) is 5.56 Å². The number of aryl methyl sites for hydroxylation is 2. The molecule has 0 atom stereocenters. The van der Waals surface area contributed by atoms with Crippen molar-refractivity contribution in [2.75, 3.05) is 16.0 Å². The fraction of sp³-hybridized carbons (Fsp3) is 0.0938. The number of nitrogens with one attached hydrogen (secondary N) is 3. The number of hydrogen-bond acceptors (Lipinski definition) is 5. The second-order valence-electron chi connectivity index (χ2n) is 9.16. The number of amides is 1. The van der Waals surface area contributed by atoms with Gasteiger partial charge in [-0.1, -0.05) is 78.4 Å². The molecule has 0 unspecified atom stereocenters. The van der Waals surface area contributed by atoms with Crippen molar-refractivity contribution in [1.29, 1.82) is 0 Å². The predicted molar refractivity (Wildman–Crippen MR) is 154 cm³/mol. The smallest absolute Gasteiger partial charge is 0.236 e. The summed E-state index contributed by atoms with van der Waals surface area (Å²) in [5.41, 5.74) is 6.43. The standard InChI is InChI=1S/C32H29N5O/c1-22-13-15-26(16-14-22)34-29-21-23(2)33-32(37-29)36-28-19-17-27(18-20-28)35-31(38)30(24-9-5-3-6-10-24)25-11-7-4-8-12-25/h3-21,30H,1-2H3,(H,35,38)(H2,33,34,36,37). The van der Waals surface area contributed by atoms with Crippen LogP contribution in [0.1, 0.15) is 28.3 Å². The molecule has 4 aromatic carbocycles. The highest BCUT2D eigenvalue weighted by molar-refractivity contribution is 5.98. The molecule has 188 valence electrons. The third-order valence-electron chi connectivity index (χ3n) is 6.11. The Morgan fingerprint density at radius 2 is 1.16 bits per heavy atom. The maximum Gasteiger partial charge on any atom is 0.236 e. The first-order chi connectivity index (χ1) is 18.5. The molecule has 0 radical (unpaired) electrons. The van der Waals surface area contributed by atoms with E-state index in [-0.39, 0.29) is 5.91 Å². The minimum atomic E-state index is -0.407. The molecule has 3 N–H and O–H groups in total. The molecule has 6 nitrogen and oxygen atoms in total. The first-order valence-corrected chi connectivity index (χ1v) is 12.5. The van der Waals surface area contributed by atoms with Crippen LogP contribution < -0.4 is 16.0 Å². The van der Waals surface area contributed by atoms with Crippen LogP contribution in [0.25, 0.3) is 0 Å². The monoisotopic (exact) mass is 499 g/mol. The number of rotatable bonds is 8. The zero-order chi connectivity index (χ0) is 26.3. The van der Waals surface area contributed by atoms with Crippen molar-refractivity contribution in [3.05, 3.63) is 138 Å². The van der Waals surface area contributed by atoms with Crippen molar-refractivity contribution < 1.29 is 4.79 Å². The normalized spacial score (nSPS) is 10.7. The van der Waals surface area contributed by atoms with Crippen LogP contribution in [0, 0.1) is 13.8 Å². The minimum absolute atomic E-state index is 0.0862. The molecule has 0 aliphatic heterocycles. The van der Waals surface area contributed by atoms with E-state index < -0.39 is 5.92 Å². The van der Waals surface area contributed by atoms with Gasteiger partial charge in [-0.3, -0.25) is 4.79 Å². The van der Waals surface area contributed by atoms with E-state index in [9.17, 15) is 4.79 Å². The molecule has 0 aliphatic carbocycles. The van der Waals surface area contributed by atoms with Gasteiger partial charge < -0.3 is 16.0 Å². The van der Waals surface area contributed by atoms with Gasteiger partial charge in [0.25, 0.3) is 0 Å². The number of benzene rings is 4. The molecule has 0 aliphatic rings. The van der Waals surface area contributed by atoms with Crippen LogP contribution in [0.15, 0.2) is 115 Å². The molecule has 0 saturated carbocycles. The number of carbonyl (C=O) groups is 1. The van der Waals surface area contributed by atoms with E-state index in [1.54, 1.807) is 0 Å². The highest BCUT2D eigenvalue weighted by Gasteiger charge is 2.22. The SMILES string of the molecule is Cc1ccc(Nc2cc(C)nc(Nc3ccc(NC(=O)C(c4ccccc4)c4ccccc4)cc3)n2)cc1. The molecule has 5 rings (SSSR count). The number of anilines is 5. The second-order valence-corrected chi connectivity index (χ2v) is 9.16. The van der Waals surface area contributed by atoms with Crippen LogP contribution >= 0.6 is 0 Å². The highest BCUT2D eigenvalue weighted by Crippen LogP contribution is 2.27. The molecule has 0 bridgehead atoms. The van der Waals surface area contributed by atoms with Crippen molar-refractivity contribution in [3.63, 3.8) is 0 Å². The van der Waals surface area contributed by atoms with Gasteiger partial charge in [0.15, 0.2) is 0 Å². The maximum absolute atomic E-state index is 13.4. The van der Waals surface area contributed by atoms with Crippen LogP contribution in [0.2, 0.25) is 0 Å². The molecular weight excluding hydrogens is 470 g/mol. The maximum atomic E-state index is 13.4. The molecule has 1 aromatic heterocycles. The topological polar surface area (TPSA) is 78.9 Å². The van der Waals surface area contributed by atoms with Crippen LogP contribution in [0.3, 0.4) is 0 Å². The lowest BCUT2D eigenvalue weighted by Gasteiger charge is -2.18. The third-order valence-corrected chi connectivity index (χ3v) is 6.11. The summed E-state index contributed by atoms with van der Waals surface area (Å²) in [5, 5.41) is 9.66. The van der Waals surface area contributed by atoms with Crippen LogP contribution in [-0.4, -0.2) is 15.9 Å². The number of carbonyl (C=O) groups excluding carboxylic acids is 1. The summed E-state index contributed by atoms with van der Waals surface area (Å²) in [4.78, 5) is 22.5. The van der Waals surface area contributed by atoms with Crippen molar-refractivity contribution >= 4 is 34.7 Å². The Bertz CT molecular complexity index is 1460. The average molecular weight is 500 g/mol. The second kappa shape index (κ2) is 11.4. The Morgan fingerprint density at radius 3 is 1.76 bits per heavy atom. The number of nitrogens with zero attached hydrogens (tertiary/aromatic N) is 2. The number of hydrogen-bond donors (Lipinski definition) is 3. The quantitative estimate of drug-likeness (QED) is 0.208. The summed E-state index contributed by atoms with van der Waals surface area (Å²) in [6.07, 6.45) is 0. The molecule has 1 amide bonds. The lowest BCUT2D eigenvalue weighted by molar-refractivity contribution is -0.116. The van der Waals surface area contributed by atoms with E-state index in [4.69, 9.17) is 0 Å². The minimum Gasteiger partial charge on any atom is -0.340 e. The Labute approximate surface area is 222 Å². The fourth-order valence-corrected chi connectivity index (χ4v) is 4.24. The summed E-state index contributed by atoms with van der Waals surface area (Å²) in [6.45, 7) is 3.99. The van der Waals surface area contributed by atoms with Crippen molar-refractivity contribution in [2.24, 2.45) is 0 Å². The Hall–Kier alpha value is -4.97. The van der Waals surface area contributed by atoms with Crippen LogP contribution in [0.5, 0.6) is 0 Å². The van der Waals surface area contributed by atoms with Crippen LogP contribution in [0.4, 0.5) is 28.8 Å². The Kier molecular flexibility index (Phi) is 7.41. The van der Waals surface area contributed by atoms with Crippen LogP contribution in [-0.2, 0) is 4.79 Å². The van der Waals surface area contributed by atoms with Gasteiger partial charge >= 0.3 is 0 Å². The molecule has 6 heteroatoms. The first-order valence-electron chi connectivity index (χ1n) is 12.5. The molecule has 1 heterocycles. The highest BCUT2D eigenvalue weighted by atomic mass is 16.1. The van der Waals surface area contributed by atoms with Gasteiger partial charge in [-0.2, -0.15) is 4.98 Å². The molecule has 0 saturated heterocycles. The largest absolute Gasteiger partial charge is 0.340 e. The third kappa shape index (κ3) is 6.23. The van der Waals surface area contributed by atoms with Crippen molar-refractivity contribution in [3.8, 4) is 0 Å². The zero-order valence-corrected chi connectivity index (χ0v) is 21.3. The zero-order valence-electron chi connectivity index (χ0n) is 21.3. The Morgan fingerprint density at radius 1 is 0.632 bits per heavy atom. The summed E-state index contributed by atoms with van der Waals surface area (Å²) in [5.74, 6) is 0.706. The van der Waals surface area contributed by atoms with Gasteiger partial charge in [-0.05, 0) is 61.4 Å². The molecule has 5 aromatic rings. The molecule has 0 fully saturated rings. The van der Waals surface area contributed by atoms with Gasteiger partial charge in [0, 0.05) is 28.8 Å². The lowest BCUT2D eigenvalue weighted by atomic mass is 9.90. The predicted octanol–water partition coefficient (Wildman–Crippen LogP) is 7.35.